The Kier molecular flexibility index (Phi) is 7.49. The van der Waals surface area contributed by atoms with Crippen LogP contribution in [0.1, 0.15) is 38.7 Å². The maximum absolute atomic E-state index is 10.4. The first-order chi connectivity index (χ1) is 13.1. The fourth-order valence-corrected chi connectivity index (χ4v) is 3.82. The molecule has 2 heterocycles. The lowest BCUT2D eigenvalue weighted by atomic mass is 9.95. The Morgan fingerprint density at radius 3 is 2.59 bits per heavy atom. The second-order valence-corrected chi connectivity index (χ2v) is 7.63. The molecule has 0 amide bonds. The predicted molar refractivity (Wildman–Crippen MR) is 105 cm³/mol. The van der Waals surface area contributed by atoms with Crippen LogP contribution in [-0.4, -0.2) is 72.8 Å². The van der Waals surface area contributed by atoms with Crippen LogP contribution in [0.15, 0.2) is 24.3 Å². The zero-order valence-corrected chi connectivity index (χ0v) is 16.7. The van der Waals surface area contributed by atoms with E-state index in [1.165, 1.54) is 5.56 Å². The van der Waals surface area contributed by atoms with E-state index in [0.717, 1.165) is 64.4 Å². The molecule has 0 radical (unpaired) electrons. The van der Waals surface area contributed by atoms with Crippen molar-refractivity contribution in [1.29, 1.82) is 0 Å². The Hall–Kier alpha value is -1.18. The van der Waals surface area contributed by atoms with Crippen molar-refractivity contribution in [2.24, 2.45) is 0 Å². The van der Waals surface area contributed by atoms with Gasteiger partial charge < -0.3 is 14.6 Å². The number of hydrogen-bond donors (Lipinski definition) is 1. The number of hydroxylamine groups is 2. The minimum atomic E-state index is -0.507. The van der Waals surface area contributed by atoms with Gasteiger partial charge in [0.05, 0.1) is 18.8 Å². The molecule has 1 unspecified atom stereocenters. The number of morpholine rings is 1. The van der Waals surface area contributed by atoms with Gasteiger partial charge >= 0.3 is 0 Å². The Bertz CT molecular complexity index is 556. The van der Waals surface area contributed by atoms with E-state index >= 15 is 0 Å². The third-order valence-corrected chi connectivity index (χ3v) is 5.64. The van der Waals surface area contributed by atoms with E-state index in [9.17, 15) is 5.11 Å². The first kappa shape index (κ1) is 20.6. The molecule has 0 aliphatic carbocycles. The molecular weight excluding hydrogens is 344 g/mol. The number of ether oxygens (including phenoxy) is 2. The first-order valence-electron chi connectivity index (χ1n) is 10.3. The van der Waals surface area contributed by atoms with Crippen LogP contribution in [-0.2, 0) is 16.1 Å². The Morgan fingerprint density at radius 1 is 1.15 bits per heavy atom. The van der Waals surface area contributed by atoms with Crippen molar-refractivity contribution in [1.82, 2.24) is 9.96 Å². The van der Waals surface area contributed by atoms with Gasteiger partial charge in [0, 0.05) is 32.7 Å². The van der Waals surface area contributed by atoms with E-state index in [2.05, 4.69) is 30.9 Å². The molecule has 1 N–H and O–H groups in total. The molecule has 1 aromatic rings. The minimum Gasteiger partial charge on any atom is -0.491 e. The molecule has 152 valence electrons. The van der Waals surface area contributed by atoms with Crippen molar-refractivity contribution in [2.45, 2.75) is 51.4 Å². The lowest BCUT2D eigenvalue weighted by molar-refractivity contribution is -0.119. The fourth-order valence-electron chi connectivity index (χ4n) is 3.82. The van der Waals surface area contributed by atoms with Crippen LogP contribution in [0.5, 0.6) is 5.75 Å². The van der Waals surface area contributed by atoms with E-state index in [-0.39, 0.29) is 5.60 Å². The molecule has 0 bridgehead atoms. The summed E-state index contributed by atoms with van der Waals surface area (Å²) in [6.45, 7) is 10.4. The molecule has 1 aromatic carbocycles. The average molecular weight is 379 g/mol. The highest BCUT2D eigenvalue weighted by molar-refractivity contribution is 5.27. The topological polar surface area (TPSA) is 54.4 Å². The maximum Gasteiger partial charge on any atom is 0.119 e. The second-order valence-electron chi connectivity index (χ2n) is 7.63. The van der Waals surface area contributed by atoms with Crippen LogP contribution in [0.2, 0.25) is 0 Å². The van der Waals surface area contributed by atoms with Crippen LogP contribution >= 0.6 is 0 Å². The highest BCUT2D eigenvalue weighted by Crippen LogP contribution is 2.25. The standard InChI is InChI=1S/C21H34N2O4/c1-3-21(4-2)17-22(11-13-26-21)15-19(24)16-25-20-8-6-18(7-9-20)14-23-10-5-12-27-23/h6-9,19,24H,3-5,10-17H2,1-2H3. The van der Waals surface area contributed by atoms with Crippen LogP contribution in [0.3, 0.4) is 0 Å². The SMILES string of the molecule is CCC1(CC)CN(CC(O)COc2ccc(CN3CCCO3)cc2)CCO1. The molecule has 6 heteroatoms. The van der Waals surface area contributed by atoms with Gasteiger partial charge in [0.1, 0.15) is 18.5 Å². The summed E-state index contributed by atoms with van der Waals surface area (Å²) >= 11 is 0. The number of nitrogens with zero attached hydrogens (tertiary/aromatic N) is 2. The van der Waals surface area contributed by atoms with E-state index in [4.69, 9.17) is 14.3 Å². The molecule has 3 rings (SSSR count). The lowest BCUT2D eigenvalue weighted by Gasteiger charge is -2.42. The molecule has 2 saturated heterocycles. The summed E-state index contributed by atoms with van der Waals surface area (Å²) in [6.07, 6.45) is 2.59. The number of benzene rings is 1. The third kappa shape index (κ3) is 5.90. The quantitative estimate of drug-likeness (QED) is 0.712. The molecule has 2 fully saturated rings. The zero-order valence-electron chi connectivity index (χ0n) is 16.7. The average Bonchev–Trinajstić information content (AvgIpc) is 3.20. The minimum absolute atomic E-state index is 0.0618. The summed E-state index contributed by atoms with van der Waals surface area (Å²) in [7, 11) is 0. The largest absolute Gasteiger partial charge is 0.491 e. The highest BCUT2D eigenvalue weighted by Gasteiger charge is 2.33. The van der Waals surface area contributed by atoms with Crippen LogP contribution < -0.4 is 4.74 Å². The molecular formula is C21H34N2O4. The summed E-state index contributed by atoms with van der Waals surface area (Å²) in [5.74, 6) is 0.790. The monoisotopic (exact) mass is 378 g/mol. The number of aliphatic hydroxyl groups excluding tert-OH is 1. The number of rotatable bonds is 9. The van der Waals surface area contributed by atoms with Crippen LogP contribution in [0, 0.1) is 0 Å². The molecule has 0 aromatic heterocycles. The Balaban J connectivity index is 1.41. The summed E-state index contributed by atoms with van der Waals surface area (Å²) < 4.78 is 11.8. The highest BCUT2D eigenvalue weighted by atomic mass is 16.7. The van der Waals surface area contributed by atoms with Gasteiger partial charge in [-0.2, -0.15) is 5.06 Å². The molecule has 0 spiro atoms. The van der Waals surface area contributed by atoms with Crippen LogP contribution in [0.25, 0.3) is 0 Å². The number of aliphatic hydroxyl groups is 1. The number of hydrogen-bond acceptors (Lipinski definition) is 6. The number of β-amino-alcohol motifs (C(OH)–C–C–N with tert-alkyl or cyclic N) is 1. The molecule has 2 aliphatic rings. The van der Waals surface area contributed by atoms with Gasteiger partial charge in [-0.15, -0.1) is 0 Å². The predicted octanol–water partition coefficient (Wildman–Crippen LogP) is 2.45. The summed E-state index contributed by atoms with van der Waals surface area (Å²) in [6, 6.07) is 8.04. The normalized spacial score (nSPS) is 22.0. The van der Waals surface area contributed by atoms with Crippen molar-refractivity contribution in [3.63, 3.8) is 0 Å². The van der Waals surface area contributed by atoms with E-state index in [0.29, 0.717) is 13.2 Å². The first-order valence-corrected chi connectivity index (χ1v) is 10.3. The fraction of sp³-hybridized carbons (Fsp3) is 0.714. The van der Waals surface area contributed by atoms with Gasteiger partial charge in [-0.1, -0.05) is 26.0 Å². The van der Waals surface area contributed by atoms with Gasteiger partial charge in [-0.25, -0.2) is 0 Å². The Morgan fingerprint density at radius 2 is 1.93 bits per heavy atom. The van der Waals surface area contributed by atoms with E-state index in [1.54, 1.807) is 0 Å². The van der Waals surface area contributed by atoms with Crippen molar-refractivity contribution < 1.29 is 19.4 Å². The van der Waals surface area contributed by atoms with Crippen molar-refractivity contribution >= 4 is 0 Å². The van der Waals surface area contributed by atoms with Crippen molar-refractivity contribution in [3.8, 4) is 5.75 Å². The summed E-state index contributed by atoms with van der Waals surface area (Å²) in [4.78, 5) is 7.82. The summed E-state index contributed by atoms with van der Waals surface area (Å²) in [5.41, 5.74) is 1.14. The smallest absolute Gasteiger partial charge is 0.119 e. The van der Waals surface area contributed by atoms with Gasteiger partial charge in [0.15, 0.2) is 0 Å². The van der Waals surface area contributed by atoms with E-state index in [1.807, 2.05) is 17.2 Å². The van der Waals surface area contributed by atoms with E-state index < -0.39 is 6.10 Å². The second kappa shape index (κ2) is 9.85. The van der Waals surface area contributed by atoms with Crippen LogP contribution in [0.4, 0.5) is 0 Å². The van der Waals surface area contributed by atoms with Gasteiger partial charge in [-0.3, -0.25) is 9.74 Å². The van der Waals surface area contributed by atoms with Crippen molar-refractivity contribution in [3.05, 3.63) is 29.8 Å². The zero-order chi connectivity index (χ0) is 19.1. The molecule has 2 aliphatic heterocycles. The molecule has 6 nitrogen and oxygen atoms in total. The molecule has 1 atom stereocenters. The molecule has 27 heavy (non-hydrogen) atoms. The third-order valence-electron chi connectivity index (χ3n) is 5.64. The Labute approximate surface area is 163 Å². The maximum atomic E-state index is 10.4. The molecule has 0 saturated carbocycles. The summed E-state index contributed by atoms with van der Waals surface area (Å²) in [5, 5.41) is 12.4. The van der Waals surface area contributed by atoms with Gasteiger partial charge in [0.2, 0.25) is 0 Å². The van der Waals surface area contributed by atoms with Crippen molar-refractivity contribution in [2.75, 3.05) is 46.0 Å². The lowest BCUT2D eigenvalue weighted by Crippen LogP contribution is -2.53. The van der Waals surface area contributed by atoms with Gasteiger partial charge in [-0.05, 0) is 37.0 Å². The van der Waals surface area contributed by atoms with Gasteiger partial charge in [0.25, 0.3) is 0 Å².